The topological polar surface area (TPSA) is 90.5 Å². The number of fused-ring (bicyclic) bond motifs is 2. The van der Waals surface area contributed by atoms with E-state index < -0.39 is 29.2 Å². The van der Waals surface area contributed by atoms with Crippen molar-refractivity contribution < 1.29 is 19.1 Å². The van der Waals surface area contributed by atoms with Gasteiger partial charge in [-0.15, -0.1) is 0 Å². The van der Waals surface area contributed by atoms with Crippen molar-refractivity contribution in [3.63, 3.8) is 0 Å². The molecule has 1 saturated heterocycles. The molecular weight excluding hydrogens is 552 g/mol. The summed E-state index contributed by atoms with van der Waals surface area (Å²) in [6, 6.07) is 8.81. The summed E-state index contributed by atoms with van der Waals surface area (Å²) in [5.74, 6) is -1.27. The van der Waals surface area contributed by atoms with E-state index in [2.05, 4.69) is 36.7 Å². The molecule has 3 aliphatic rings. The molecule has 0 radical (unpaired) electrons. The number of carbonyl (C=O) groups excluding carboxylic acids is 2. The van der Waals surface area contributed by atoms with E-state index in [1.807, 2.05) is 12.1 Å². The lowest BCUT2D eigenvalue weighted by Crippen LogP contribution is -2.49. The molecular formula is C31H38Cl2FN3O3. The standard InChI is InChI=1S/C31H38Cl2FN3O3/c1-30(2,3)16-25-31(21-14-23(34)22(33)15-24(21)36-29(31)40)26(18-7-4-8-19(32)13-18)27(37-25)28(39)35-11-5-6-17-9-10-20(38)12-17/h4,7-8,13-15,17,20,25-27,37-38H,5-6,9-12,16H2,1-3H3,(H,35,39)(H,36,40)/t17-,20+,25-,26+,27-,31+/m1/s1. The van der Waals surface area contributed by atoms with E-state index in [1.54, 1.807) is 12.1 Å². The average molecular weight is 591 g/mol. The van der Waals surface area contributed by atoms with Gasteiger partial charge in [0.05, 0.1) is 17.2 Å². The molecule has 40 heavy (non-hydrogen) atoms. The first kappa shape index (κ1) is 29.3. The Kier molecular flexibility index (Phi) is 8.23. The van der Waals surface area contributed by atoms with E-state index in [0.717, 1.165) is 37.7 Å². The predicted octanol–water partition coefficient (Wildman–Crippen LogP) is 5.94. The fourth-order valence-corrected chi connectivity index (χ4v) is 7.52. The van der Waals surface area contributed by atoms with Crippen LogP contribution in [0.25, 0.3) is 0 Å². The lowest BCUT2D eigenvalue weighted by molar-refractivity contribution is -0.123. The van der Waals surface area contributed by atoms with Crippen molar-refractivity contribution in [3.05, 3.63) is 63.4 Å². The number of aliphatic hydroxyl groups excluding tert-OH is 1. The highest BCUT2D eigenvalue weighted by Gasteiger charge is 2.65. The molecule has 5 rings (SSSR count). The Morgan fingerprint density at radius 2 is 1.98 bits per heavy atom. The Balaban J connectivity index is 1.53. The summed E-state index contributed by atoms with van der Waals surface area (Å²) in [5, 5.41) is 19.8. The normalized spacial score (nSPS) is 29.6. The van der Waals surface area contributed by atoms with Gasteiger partial charge < -0.3 is 21.1 Å². The van der Waals surface area contributed by atoms with Crippen LogP contribution in [0.1, 0.15) is 76.3 Å². The predicted molar refractivity (Wildman–Crippen MR) is 156 cm³/mol. The highest BCUT2D eigenvalue weighted by Crippen LogP contribution is 2.57. The first-order valence-corrected chi connectivity index (χ1v) is 14.9. The number of amides is 2. The summed E-state index contributed by atoms with van der Waals surface area (Å²) >= 11 is 12.5. The molecule has 4 N–H and O–H groups in total. The molecule has 6 nitrogen and oxygen atoms in total. The number of halogens is 3. The zero-order valence-corrected chi connectivity index (χ0v) is 24.7. The third kappa shape index (κ3) is 5.50. The molecule has 1 saturated carbocycles. The van der Waals surface area contributed by atoms with Crippen LogP contribution in [-0.4, -0.2) is 41.7 Å². The van der Waals surface area contributed by atoms with Crippen LogP contribution in [0.4, 0.5) is 10.1 Å². The lowest BCUT2D eigenvalue weighted by Gasteiger charge is -2.37. The molecule has 2 aromatic rings. The highest BCUT2D eigenvalue weighted by atomic mass is 35.5. The Labute approximate surface area is 245 Å². The number of rotatable bonds is 7. The van der Waals surface area contributed by atoms with Crippen LogP contribution in [0.15, 0.2) is 36.4 Å². The van der Waals surface area contributed by atoms with Gasteiger partial charge in [0.1, 0.15) is 11.2 Å². The van der Waals surface area contributed by atoms with Crippen LogP contribution < -0.4 is 16.0 Å². The van der Waals surface area contributed by atoms with Gasteiger partial charge in [0, 0.05) is 29.2 Å². The number of benzene rings is 2. The largest absolute Gasteiger partial charge is 0.393 e. The van der Waals surface area contributed by atoms with E-state index in [4.69, 9.17) is 23.2 Å². The lowest BCUT2D eigenvalue weighted by atomic mass is 9.62. The SMILES string of the molecule is CC(C)(C)C[C@H]1N[C@@H](C(=O)NCCC[C@@H]2CC[C@H](O)C2)[C@H](c2cccc(Cl)c2)[C@@]12C(=O)Nc1cc(Cl)c(F)cc12. The molecule has 2 amide bonds. The quantitative estimate of drug-likeness (QED) is 0.301. The van der Waals surface area contributed by atoms with Crippen molar-refractivity contribution in [1.29, 1.82) is 0 Å². The van der Waals surface area contributed by atoms with Gasteiger partial charge in [0.25, 0.3) is 0 Å². The fourth-order valence-electron chi connectivity index (χ4n) is 7.16. The second kappa shape index (κ2) is 11.2. The maximum atomic E-state index is 15.0. The van der Waals surface area contributed by atoms with Crippen molar-refractivity contribution in [1.82, 2.24) is 10.6 Å². The number of anilines is 1. The van der Waals surface area contributed by atoms with Crippen LogP contribution in [0, 0.1) is 17.2 Å². The number of hydrogen-bond donors (Lipinski definition) is 4. The zero-order valence-electron chi connectivity index (χ0n) is 23.2. The van der Waals surface area contributed by atoms with Gasteiger partial charge in [0.15, 0.2) is 0 Å². The summed E-state index contributed by atoms with van der Waals surface area (Å²) in [6.45, 7) is 6.75. The van der Waals surface area contributed by atoms with E-state index in [1.165, 1.54) is 12.1 Å². The third-order valence-electron chi connectivity index (χ3n) is 8.79. The van der Waals surface area contributed by atoms with Crippen molar-refractivity contribution in [3.8, 4) is 0 Å². The minimum absolute atomic E-state index is 0.0715. The second-order valence-corrected chi connectivity index (χ2v) is 13.7. The summed E-state index contributed by atoms with van der Waals surface area (Å²) in [6.07, 6.45) is 4.78. The third-order valence-corrected chi connectivity index (χ3v) is 9.32. The molecule has 0 bridgehead atoms. The monoisotopic (exact) mass is 589 g/mol. The number of hydrogen-bond acceptors (Lipinski definition) is 4. The van der Waals surface area contributed by atoms with E-state index >= 15 is 4.39 Å². The number of carbonyl (C=O) groups is 2. The summed E-state index contributed by atoms with van der Waals surface area (Å²) in [4.78, 5) is 28.0. The number of aliphatic hydroxyl groups is 1. The van der Waals surface area contributed by atoms with Crippen molar-refractivity contribution in [2.75, 3.05) is 11.9 Å². The summed E-state index contributed by atoms with van der Waals surface area (Å²) in [7, 11) is 0. The smallest absolute Gasteiger partial charge is 0.237 e. The Morgan fingerprint density at radius 1 is 1.20 bits per heavy atom. The molecule has 6 atom stereocenters. The van der Waals surface area contributed by atoms with Crippen LogP contribution in [-0.2, 0) is 15.0 Å². The first-order chi connectivity index (χ1) is 18.9. The molecule has 216 valence electrons. The van der Waals surface area contributed by atoms with Crippen LogP contribution in [0.5, 0.6) is 0 Å². The molecule has 2 heterocycles. The average Bonchev–Trinajstić information content (AvgIpc) is 3.51. The van der Waals surface area contributed by atoms with Crippen molar-refractivity contribution >= 4 is 40.7 Å². The van der Waals surface area contributed by atoms with Crippen LogP contribution in [0.2, 0.25) is 10.0 Å². The molecule has 9 heteroatoms. The molecule has 2 aliphatic heterocycles. The van der Waals surface area contributed by atoms with Crippen molar-refractivity contribution in [2.45, 2.75) is 88.8 Å². The fraction of sp³-hybridized carbons (Fsp3) is 0.548. The van der Waals surface area contributed by atoms with Gasteiger partial charge in [-0.25, -0.2) is 4.39 Å². The number of nitrogens with one attached hydrogen (secondary N) is 3. The van der Waals surface area contributed by atoms with E-state index in [0.29, 0.717) is 35.2 Å². The summed E-state index contributed by atoms with van der Waals surface area (Å²) < 4.78 is 15.0. The molecule has 1 aliphatic carbocycles. The van der Waals surface area contributed by atoms with Gasteiger partial charge in [-0.3, -0.25) is 9.59 Å². The molecule has 0 unspecified atom stereocenters. The maximum Gasteiger partial charge on any atom is 0.237 e. The maximum absolute atomic E-state index is 15.0. The Hall–Kier alpha value is -2.19. The second-order valence-electron chi connectivity index (χ2n) is 12.9. The van der Waals surface area contributed by atoms with Gasteiger partial charge in [-0.1, -0.05) is 56.1 Å². The van der Waals surface area contributed by atoms with Gasteiger partial charge in [-0.05, 0) is 85.3 Å². The van der Waals surface area contributed by atoms with E-state index in [-0.39, 0.29) is 28.4 Å². The molecule has 2 fully saturated rings. The van der Waals surface area contributed by atoms with Gasteiger partial charge in [0.2, 0.25) is 11.8 Å². The van der Waals surface area contributed by atoms with Crippen LogP contribution in [0.3, 0.4) is 0 Å². The Morgan fingerprint density at radius 3 is 2.65 bits per heavy atom. The highest BCUT2D eigenvalue weighted by molar-refractivity contribution is 6.31. The Bertz CT molecular complexity index is 1300. The minimum atomic E-state index is -1.26. The minimum Gasteiger partial charge on any atom is -0.393 e. The molecule has 0 aromatic heterocycles. The van der Waals surface area contributed by atoms with Gasteiger partial charge in [-0.2, -0.15) is 0 Å². The van der Waals surface area contributed by atoms with Crippen LogP contribution >= 0.6 is 23.2 Å². The summed E-state index contributed by atoms with van der Waals surface area (Å²) in [5.41, 5.74) is 0.232. The first-order valence-electron chi connectivity index (χ1n) is 14.2. The molecule has 2 aromatic carbocycles. The van der Waals surface area contributed by atoms with Crippen molar-refractivity contribution in [2.24, 2.45) is 11.3 Å². The zero-order chi connectivity index (χ0) is 28.8. The van der Waals surface area contributed by atoms with Gasteiger partial charge >= 0.3 is 0 Å². The van der Waals surface area contributed by atoms with E-state index in [9.17, 15) is 14.7 Å². The molecule has 1 spiro atoms.